The first kappa shape index (κ1) is 15.5. The fourth-order valence-electron chi connectivity index (χ4n) is 3.44. The van der Waals surface area contributed by atoms with Crippen LogP contribution in [0.15, 0.2) is 24.3 Å². The molecule has 112 valence electrons. The van der Waals surface area contributed by atoms with Crippen LogP contribution in [0.4, 0.5) is 0 Å². The number of aliphatic hydroxyl groups is 1. The predicted octanol–water partition coefficient (Wildman–Crippen LogP) is 4.03. The van der Waals surface area contributed by atoms with E-state index in [4.69, 9.17) is 4.74 Å². The van der Waals surface area contributed by atoms with Crippen LogP contribution in [-0.4, -0.2) is 23.4 Å². The Labute approximate surface area is 123 Å². The highest BCUT2D eigenvalue weighted by molar-refractivity contribution is 5.23. The van der Waals surface area contributed by atoms with Gasteiger partial charge in [-0.25, -0.2) is 0 Å². The molecule has 0 amide bonds. The van der Waals surface area contributed by atoms with Crippen molar-refractivity contribution in [3.63, 3.8) is 0 Å². The lowest BCUT2D eigenvalue weighted by Gasteiger charge is -2.37. The summed E-state index contributed by atoms with van der Waals surface area (Å²) in [6.45, 7) is 4.82. The molecule has 1 atom stereocenters. The smallest absolute Gasteiger partial charge is 0.0943 e. The fourth-order valence-corrected chi connectivity index (χ4v) is 3.44. The second-order valence-corrected chi connectivity index (χ2v) is 6.12. The van der Waals surface area contributed by atoms with Crippen molar-refractivity contribution in [2.24, 2.45) is 0 Å². The lowest BCUT2D eigenvalue weighted by atomic mass is 9.84. The number of ether oxygens (including phenoxy) is 1. The molecule has 1 fully saturated rings. The topological polar surface area (TPSA) is 29.5 Å². The predicted molar refractivity (Wildman–Crippen MR) is 82.9 cm³/mol. The van der Waals surface area contributed by atoms with E-state index in [9.17, 15) is 5.11 Å². The van der Waals surface area contributed by atoms with Crippen molar-refractivity contribution in [1.29, 1.82) is 0 Å². The zero-order valence-corrected chi connectivity index (χ0v) is 12.9. The molecular formula is C18H28O2. The van der Waals surface area contributed by atoms with Crippen LogP contribution in [0.1, 0.15) is 56.6 Å². The molecule has 1 aliphatic carbocycles. The van der Waals surface area contributed by atoms with Crippen LogP contribution in [0.5, 0.6) is 0 Å². The van der Waals surface area contributed by atoms with Crippen molar-refractivity contribution in [3.05, 3.63) is 35.4 Å². The molecule has 1 aromatic rings. The Morgan fingerprint density at radius 2 is 1.90 bits per heavy atom. The van der Waals surface area contributed by atoms with Gasteiger partial charge in [-0.3, -0.25) is 0 Å². The zero-order chi connectivity index (χ0) is 14.4. The lowest BCUT2D eigenvalue weighted by Crippen LogP contribution is -2.46. The molecule has 1 aliphatic rings. The summed E-state index contributed by atoms with van der Waals surface area (Å²) in [5.41, 5.74) is 2.14. The molecule has 1 aromatic carbocycles. The largest absolute Gasteiger partial charge is 0.390 e. The standard InChI is InChI=1S/C18H28O2/c1-3-20-18(11-6-4-5-7-12-18)17(19)14-16-10-8-9-15(2)13-16/h8-10,13,17,19H,3-7,11-12,14H2,1-2H3. The number of rotatable bonds is 5. The van der Waals surface area contributed by atoms with Crippen LogP contribution in [0, 0.1) is 6.92 Å². The lowest BCUT2D eigenvalue weighted by molar-refractivity contribution is -0.128. The van der Waals surface area contributed by atoms with E-state index in [2.05, 4.69) is 31.2 Å². The minimum atomic E-state index is -0.401. The Balaban J connectivity index is 2.11. The van der Waals surface area contributed by atoms with Gasteiger partial charge in [0.1, 0.15) is 0 Å². The van der Waals surface area contributed by atoms with Crippen LogP contribution in [0.25, 0.3) is 0 Å². The third-order valence-electron chi connectivity index (χ3n) is 4.50. The normalized spacial score (nSPS) is 20.4. The van der Waals surface area contributed by atoms with E-state index in [1.54, 1.807) is 0 Å². The van der Waals surface area contributed by atoms with Gasteiger partial charge in [-0.2, -0.15) is 0 Å². The number of hydrogen-bond acceptors (Lipinski definition) is 2. The summed E-state index contributed by atoms with van der Waals surface area (Å²) in [5, 5.41) is 10.8. The van der Waals surface area contributed by atoms with Crippen LogP contribution in [0.2, 0.25) is 0 Å². The molecule has 2 rings (SSSR count). The molecule has 0 bridgehead atoms. The second kappa shape index (κ2) is 7.24. The average Bonchev–Trinajstić information content (AvgIpc) is 2.66. The quantitative estimate of drug-likeness (QED) is 0.823. The van der Waals surface area contributed by atoms with Gasteiger partial charge in [0.05, 0.1) is 11.7 Å². The van der Waals surface area contributed by atoms with E-state index in [1.165, 1.54) is 36.8 Å². The van der Waals surface area contributed by atoms with Crippen LogP contribution >= 0.6 is 0 Å². The zero-order valence-electron chi connectivity index (χ0n) is 12.9. The first-order valence-electron chi connectivity index (χ1n) is 8.04. The molecule has 20 heavy (non-hydrogen) atoms. The third-order valence-corrected chi connectivity index (χ3v) is 4.50. The summed E-state index contributed by atoms with van der Waals surface area (Å²) in [5.74, 6) is 0. The SMILES string of the molecule is CCOC1(C(O)Cc2cccc(C)c2)CCCCCC1. The summed E-state index contributed by atoms with van der Waals surface area (Å²) in [6.07, 6.45) is 7.17. The average molecular weight is 276 g/mol. The van der Waals surface area contributed by atoms with Gasteiger partial charge in [-0.1, -0.05) is 55.5 Å². The highest BCUT2D eigenvalue weighted by atomic mass is 16.5. The third kappa shape index (κ3) is 3.83. The highest BCUT2D eigenvalue weighted by Gasteiger charge is 2.38. The molecule has 0 aliphatic heterocycles. The Hall–Kier alpha value is -0.860. The van der Waals surface area contributed by atoms with E-state index in [-0.39, 0.29) is 5.60 Å². The molecule has 0 heterocycles. The summed E-state index contributed by atoms with van der Waals surface area (Å²) in [4.78, 5) is 0. The van der Waals surface area contributed by atoms with Gasteiger partial charge in [0.15, 0.2) is 0 Å². The molecule has 0 aromatic heterocycles. The summed E-state index contributed by atoms with van der Waals surface area (Å²) in [7, 11) is 0. The Kier molecular flexibility index (Phi) is 5.62. The van der Waals surface area contributed by atoms with Crippen molar-refractivity contribution in [1.82, 2.24) is 0 Å². The summed E-state index contributed by atoms with van der Waals surface area (Å²) in [6, 6.07) is 8.43. The first-order chi connectivity index (χ1) is 9.66. The highest BCUT2D eigenvalue weighted by Crippen LogP contribution is 2.34. The van der Waals surface area contributed by atoms with Crippen LogP contribution in [-0.2, 0) is 11.2 Å². The summed E-state index contributed by atoms with van der Waals surface area (Å²) < 4.78 is 6.06. The molecule has 1 N–H and O–H groups in total. The van der Waals surface area contributed by atoms with E-state index in [0.29, 0.717) is 13.0 Å². The monoisotopic (exact) mass is 276 g/mol. The van der Waals surface area contributed by atoms with Crippen molar-refractivity contribution < 1.29 is 9.84 Å². The van der Waals surface area contributed by atoms with E-state index in [0.717, 1.165) is 12.8 Å². The Bertz CT molecular complexity index is 406. The molecule has 2 heteroatoms. The van der Waals surface area contributed by atoms with Crippen molar-refractivity contribution in [3.8, 4) is 0 Å². The van der Waals surface area contributed by atoms with Gasteiger partial charge in [-0.15, -0.1) is 0 Å². The Morgan fingerprint density at radius 1 is 1.20 bits per heavy atom. The maximum absolute atomic E-state index is 10.8. The number of hydrogen-bond donors (Lipinski definition) is 1. The van der Waals surface area contributed by atoms with E-state index >= 15 is 0 Å². The molecule has 1 unspecified atom stereocenters. The molecule has 0 radical (unpaired) electrons. The number of aliphatic hydroxyl groups excluding tert-OH is 1. The van der Waals surface area contributed by atoms with Gasteiger partial charge in [0, 0.05) is 13.0 Å². The molecule has 1 saturated carbocycles. The number of benzene rings is 1. The summed E-state index contributed by atoms with van der Waals surface area (Å²) >= 11 is 0. The maximum atomic E-state index is 10.8. The van der Waals surface area contributed by atoms with Crippen LogP contribution in [0.3, 0.4) is 0 Å². The van der Waals surface area contributed by atoms with Crippen molar-refractivity contribution in [2.45, 2.75) is 70.5 Å². The van der Waals surface area contributed by atoms with Gasteiger partial charge in [0.25, 0.3) is 0 Å². The van der Waals surface area contributed by atoms with Crippen molar-refractivity contribution >= 4 is 0 Å². The minimum Gasteiger partial charge on any atom is -0.390 e. The molecule has 0 saturated heterocycles. The van der Waals surface area contributed by atoms with Crippen LogP contribution < -0.4 is 0 Å². The van der Waals surface area contributed by atoms with E-state index in [1.807, 2.05) is 6.92 Å². The minimum absolute atomic E-state index is 0.324. The maximum Gasteiger partial charge on any atom is 0.0943 e. The fraction of sp³-hybridized carbons (Fsp3) is 0.667. The van der Waals surface area contributed by atoms with Crippen molar-refractivity contribution in [2.75, 3.05) is 6.61 Å². The van der Waals surface area contributed by atoms with E-state index < -0.39 is 6.10 Å². The van der Waals surface area contributed by atoms with Gasteiger partial charge >= 0.3 is 0 Å². The Morgan fingerprint density at radius 3 is 2.50 bits per heavy atom. The van der Waals surface area contributed by atoms with Gasteiger partial charge in [0.2, 0.25) is 0 Å². The molecule has 0 spiro atoms. The van der Waals surface area contributed by atoms with Gasteiger partial charge in [-0.05, 0) is 32.3 Å². The molecule has 2 nitrogen and oxygen atoms in total. The number of aryl methyl sites for hydroxylation is 1. The first-order valence-corrected chi connectivity index (χ1v) is 8.04. The molecular weight excluding hydrogens is 248 g/mol. The second-order valence-electron chi connectivity index (χ2n) is 6.12. The van der Waals surface area contributed by atoms with Gasteiger partial charge < -0.3 is 9.84 Å².